The minimum Gasteiger partial charge on any atom is -0.349 e. The Morgan fingerprint density at radius 2 is 2.03 bits per heavy atom. The lowest BCUT2D eigenvalue weighted by Gasteiger charge is -2.32. The molecule has 2 N–H and O–H groups in total. The molecule has 0 saturated carbocycles. The first kappa shape index (κ1) is 22.6. The van der Waals surface area contributed by atoms with E-state index in [-0.39, 0.29) is 30.6 Å². The van der Waals surface area contributed by atoms with Gasteiger partial charge in [0, 0.05) is 61.8 Å². The minimum absolute atomic E-state index is 0.0144. The molecule has 1 aromatic carbocycles. The number of alkyl halides is 1. The van der Waals surface area contributed by atoms with Crippen LogP contribution in [0.4, 0.5) is 4.39 Å². The van der Waals surface area contributed by atoms with Crippen LogP contribution in [-0.4, -0.2) is 54.7 Å². The number of pyridine rings is 1. The lowest BCUT2D eigenvalue weighted by Crippen LogP contribution is -2.45. The van der Waals surface area contributed by atoms with E-state index in [9.17, 15) is 9.18 Å². The fraction of sp³-hybridized carbons (Fsp3) is 0.462. The quantitative estimate of drug-likeness (QED) is 0.744. The van der Waals surface area contributed by atoms with Crippen LogP contribution in [0, 0.1) is 5.92 Å². The number of piperidine rings is 1. The summed E-state index contributed by atoms with van der Waals surface area (Å²) in [5, 5.41) is 6.86. The number of nitrogens with one attached hydrogen (secondary N) is 2. The van der Waals surface area contributed by atoms with E-state index in [2.05, 4.69) is 58.6 Å². The van der Waals surface area contributed by atoms with Gasteiger partial charge in [0.05, 0.1) is 0 Å². The van der Waals surface area contributed by atoms with Crippen LogP contribution in [0.1, 0.15) is 43.9 Å². The lowest BCUT2D eigenvalue weighted by molar-refractivity contribution is -0.116. The fourth-order valence-corrected chi connectivity index (χ4v) is 4.67. The molecule has 0 bridgehead atoms. The molecule has 32 heavy (non-hydrogen) atoms. The van der Waals surface area contributed by atoms with Crippen molar-refractivity contribution in [3.05, 3.63) is 59.9 Å². The van der Waals surface area contributed by atoms with E-state index < -0.39 is 0 Å². The Morgan fingerprint density at radius 1 is 1.22 bits per heavy atom. The molecule has 3 heterocycles. The Bertz CT molecular complexity index is 954. The normalized spacial score (nSPS) is 22.4. The largest absolute Gasteiger partial charge is 0.349 e. The topological polar surface area (TPSA) is 57.3 Å². The van der Waals surface area contributed by atoms with Crippen LogP contribution < -0.4 is 10.6 Å². The number of fused-ring (bicyclic) bond motifs is 1. The van der Waals surface area contributed by atoms with Gasteiger partial charge in [0.2, 0.25) is 0 Å². The third kappa shape index (κ3) is 5.25. The van der Waals surface area contributed by atoms with E-state index in [1.54, 1.807) is 6.20 Å². The van der Waals surface area contributed by atoms with Gasteiger partial charge >= 0.3 is 0 Å². The number of halogens is 1. The van der Waals surface area contributed by atoms with Crippen molar-refractivity contribution in [2.24, 2.45) is 5.92 Å². The van der Waals surface area contributed by atoms with Crippen molar-refractivity contribution in [2.45, 2.75) is 38.8 Å². The summed E-state index contributed by atoms with van der Waals surface area (Å²) in [7, 11) is 0. The second-order valence-corrected chi connectivity index (χ2v) is 9.01. The molecule has 1 fully saturated rings. The molecule has 1 amide bonds. The molecule has 5 nitrogen and oxygen atoms in total. The number of aromatic nitrogens is 1. The fourth-order valence-electron chi connectivity index (χ4n) is 4.67. The highest BCUT2D eigenvalue weighted by Gasteiger charge is 2.26. The van der Waals surface area contributed by atoms with E-state index in [4.69, 9.17) is 0 Å². The summed E-state index contributed by atoms with van der Waals surface area (Å²) in [6.45, 7) is 6.93. The lowest BCUT2D eigenvalue weighted by atomic mass is 9.88. The van der Waals surface area contributed by atoms with E-state index in [0.717, 1.165) is 60.3 Å². The van der Waals surface area contributed by atoms with E-state index in [1.807, 2.05) is 18.3 Å². The molecule has 0 aliphatic carbocycles. The molecule has 2 aromatic rings. The zero-order chi connectivity index (χ0) is 22.5. The molecule has 4 rings (SSSR count). The van der Waals surface area contributed by atoms with Crippen LogP contribution >= 0.6 is 0 Å². The van der Waals surface area contributed by atoms with Gasteiger partial charge in [0.25, 0.3) is 5.91 Å². The molecule has 2 aliphatic heterocycles. The van der Waals surface area contributed by atoms with Crippen molar-refractivity contribution in [3.8, 4) is 11.1 Å². The van der Waals surface area contributed by atoms with Crippen molar-refractivity contribution in [2.75, 3.05) is 32.9 Å². The summed E-state index contributed by atoms with van der Waals surface area (Å²) in [6.07, 6.45) is 7.43. The molecule has 2 atom stereocenters. The maximum atomic E-state index is 13.5. The van der Waals surface area contributed by atoms with Gasteiger partial charge in [-0.3, -0.25) is 9.78 Å². The number of amides is 1. The molecule has 0 spiro atoms. The van der Waals surface area contributed by atoms with E-state index in [1.165, 1.54) is 0 Å². The van der Waals surface area contributed by atoms with Gasteiger partial charge in [-0.05, 0) is 54.5 Å². The monoisotopic (exact) mass is 436 g/mol. The Balaban J connectivity index is 1.62. The van der Waals surface area contributed by atoms with Crippen LogP contribution in [0.2, 0.25) is 0 Å². The van der Waals surface area contributed by atoms with Crippen molar-refractivity contribution < 1.29 is 9.18 Å². The van der Waals surface area contributed by atoms with Crippen LogP contribution in [0.5, 0.6) is 0 Å². The van der Waals surface area contributed by atoms with Gasteiger partial charge in [-0.1, -0.05) is 31.2 Å². The SMILES string of the molecule is CC1C=C(C(=O)NC2CCN(CCF)CC2)c2cc(-c3cccnc3)ccc2C(C)NC1. The van der Waals surface area contributed by atoms with Gasteiger partial charge in [0.15, 0.2) is 0 Å². The summed E-state index contributed by atoms with van der Waals surface area (Å²) in [4.78, 5) is 19.9. The number of carbonyl (C=O) groups excluding carboxylic acids is 1. The van der Waals surface area contributed by atoms with Crippen molar-refractivity contribution >= 4 is 11.5 Å². The molecule has 2 aliphatic rings. The Kier molecular flexibility index (Phi) is 7.33. The predicted octanol–water partition coefficient (Wildman–Crippen LogP) is 3.98. The minimum atomic E-state index is -0.315. The second kappa shape index (κ2) is 10.4. The van der Waals surface area contributed by atoms with Crippen molar-refractivity contribution in [1.82, 2.24) is 20.5 Å². The predicted molar refractivity (Wildman–Crippen MR) is 127 cm³/mol. The number of benzene rings is 1. The molecule has 1 saturated heterocycles. The van der Waals surface area contributed by atoms with Gasteiger partial charge < -0.3 is 15.5 Å². The van der Waals surface area contributed by atoms with Gasteiger partial charge in [-0.15, -0.1) is 0 Å². The molecule has 0 radical (unpaired) electrons. The maximum absolute atomic E-state index is 13.5. The Hall–Kier alpha value is -2.57. The number of carbonyl (C=O) groups is 1. The number of rotatable bonds is 5. The molecule has 6 heteroatoms. The smallest absolute Gasteiger partial charge is 0.251 e. The van der Waals surface area contributed by atoms with Gasteiger partial charge in [-0.25, -0.2) is 4.39 Å². The third-order valence-electron chi connectivity index (χ3n) is 6.57. The first-order valence-corrected chi connectivity index (χ1v) is 11.6. The van der Waals surface area contributed by atoms with Crippen LogP contribution in [0.25, 0.3) is 16.7 Å². The number of hydrogen-bond donors (Lipinski definition) is 2. The first-order valence-electron chi connectivity index (χ1n) is 11.6. The third-order valence-corrected chi connectivity index (χ3v) is 6.57. The Morgan fingerprint density at radius 3 is 2.75 bits per heavy atom. The van der Waals surface area contributed by atoms with Crippen LogP contribution in [0.15, 0.2) is 48.8 Å². The van der Waals surface area contributed by atoms with Crippen LogP contribution in [0.3, 0.4) is 0 Å². The average molecular weight is 437 g/mol. The second-order valence-electron chi connectivity index (χ2n) is 9.01. The standard InChI is InChI=1S/C26H33FN4O/c1-18-14-25(26(32)30-22-7-11-31(12-8-22)13-9-27)24-15-20(21-4-3-10-28-17-21)5-6-23(24)19(2)29-16-18/h3-6,10,14-15,17-19,22,29H,7-9,11-13,16H2,1-2H3,(H,30,32). The number of hydrogen-bond acceptors (Lipinski definition) is 4. The number of likely N-dealkylation sites (tertiary alicyclic amines) is 1. The summed E-state index contributed by atoms with van der Waals surface area (Å²) < 4.78 is 12.6. The average Bonchev–Trinajstić information content (AvgIpc) is 2.82. The molecular weight excluding hydrogens is 403 g/mol. The highest BCUT2D eigenvalue weighted by Crippen LogP contribution is 2.32. The van der Waals surface area contributed by atoms with E-state index >= 15 is 0 Å². The first-order chi connectivity index (χ1) is 15.5. The van der Waals surface area contributed by atoms with Crippen molar-refractivity contribution in [1.29, 1.82) is 0 Å². The van der Waals surface area contributed by atoms with Crippen molar-refractivity contribution in [3.63, 3.8) is 0 Å². The number of nitrogens with zero attached hydrogens (tertiary/aromatic N) is 2. The summed E-state index contributed by atoms with van der Waals surface area (Å²) in [6, 6.07) is 10.6. The maximum Gasteiger partial charge on any atom is 0.251 e. The zero-order valence-corrected chi connectivity index (χ0v) is 19.0. The van der Waals surface area contributed by atoms with E-state index in [0.29, 0.717) is 6.54 Å². The molecular formula is C26H33FN4O. The van der Waals surface area contributed by atoms with Gasteiger partial charge in [-0.2, -0.15) is 0 Å². The Labute approximate surface area is 190 Å². The zero-order valence-electron chi connectivity index (χ0n) is 19.0. The highest BCUT2D eigenvalue weighted by atomic mass is 19.1. The summed E-state index contributed by atoms with van der Waals surface area (Å²) >= 11 is 0. The molecule has 1 aromatic heterocycles. The highest BCUT2D eigenvalue weighted by molar-refractivity contribution is 6.20. The summed E-state index contributed by atoms with van der Waals surface area (Å²) in [5.41, 5.74) is 4.94. The van der Waals surface area contributed by atoms with Crippen LogP contribution in [-0.2, 0) is 4.79 Å². The molecule has 170 valence electrons. The van der Waals surface area contributed by atoms with Gasteiger partial charge in [0.1, 0.15) is 6.67 Å². The summed E-state index contributed by atoms with van der Waals surface area (Å²) in [5.74, 6) is 0.222. The molecule has 2 unspecified atom stereocenters.